The second-order valence-electron chi connectivity index (χ2n) is 6.37. The summed E-state index contributed by atoms with van der Waals surface area (Å²) in [6.45, 7) is 6.16. The van der Waals surface area contributed by atoms with Gasteiger partial charge in [-0.05, 0) is 52.0 Å². The molecule has 1 atom stereocenters. The van der Waals surface area contributed by atoms with Gasteiger partial charge in [-0.3, -0.25) is 0 Å². The van der Waals surface area contributed by atoms with E-state index in [0.717, 1.165) is 24.8 Å². The molecule has 1 unspecified atom stereocenters. The number of amides is 1. The van der Waals surface area contributed by atoms with Gasteiger partial charge in [0.2, 0.25) is 0 Å². The molecule has 0 aromatic heterocycles. The molecule has 22 heavy (non-hydrogen) atoms. The van der Waals surface area contributed by atoms with Gasteiger partial charge in [0.05, 0.1) is 13.2 Å². The molecule has 0 aromatic rings. The number of halogens is 1. The molecule has 1 saturated heterocycles. The van der Waals surface area contributed by atoms with Crippen molar-refractivity contribution in [2.45, 2.75) is 58.1 Å². The van der Waals surface area contributed by atoms with Crippen LogP contribution in [0.3, 0.4) is 0 Å². The molecule has 6 heteroatoms. The largest absolute Gasteiger partial charge is 0.466 e. The number of ether oxygens (including phenoxy) is 2. The Balaban J connectivity index is 2.89. The Labute approximate surface area is 137 Å². The highest BCUT2D eigenvalue weighted by Crippen LogP contribution is 2.28. The van der Waals surface area contributed by atoms with Gasteiger partial charge in [-0.2, -0.15) is 0 Å². The molecule has 0 radical (unpaired) electrons. The number of alkyl halides is 1. The third kappa shape index (κ3) is 5.87. The van der Waals surface area contributed by atoms with E-state index in [1.807, 2.05) is 20.8 Å². The zero-order valence-electron chi connectivity index (χ0n) is 13.9. The van der Waals surface area contributed by atoms with Crippen LogP contribution in [0.5, 0.6) is 0 Å². The molecule has 1 amide bonds. The standard InChI is InChI=1S/C16H26ClNO4/c1-16(2,3)22-15(20)18-10-6-8-13(18)12(7-5-9-17)11-14(19)21-4/h11,13H,5-10H2,1-4H3/b12-11+. The molecule has 1 fully saturated rings. The minimum absolute atomic E-state index is 0.114. The molecule has 1 heterocycles. The van der Waals surface area contributed by atoms with Crippen LogP contribution >= 0.6 is 11.6 Å². The third-order valence-corrected chi connectivity index (χ3v) is 3.68. The zero-order valence-corrected chi connectivity index (χ0v) is 14.6. The van der Waals surface area contributed by atoms with E-state index in [-0.39, 0.29) is 12.1 Å². The smallest absolute Gasteiger partial charge is 0.410 e. The number of carbonyl (C=O) groups is 2. The zero-order chi connectivity index (χ0) is 16.8. The average Bonchev–Trinajstić information content (AvgIpc) is 2.90. The van der Waals surface area contributed by atoms with Crippen molar-refractivity contribution in [3.05, 3.63) is 11.6 Å². The Bertz CT molecular complexity index is 428. The van der Waals surface area contributed by atoms with Gasteiger partial charge in [-0.15, -0.1) is 11.6 Å². The summed E-state index contributed by atoms with van der Waals surface area (Å²) in [6.07, 6.45) is 4.29. The Kier molecular flexibility index (Phi) is 7.20. The van der Waals surface area contributed by atoms with E-state index >= 15 is 0 Å². The molecule has 0 bridgehead atoms. The van der Waals surface area contributed by atoms with Crippen molar-refractivity contribution >= 4 is 23.7 Å². The van der Waals surface area contributed by atoms with Crippen LogP contribution in [-0.2, 0) is 14.3 Å². The van der Waals surface area contributed by atoms with Crippen LogP contribution in [0.25, 0.3) is 0 Å². The van der Waals surface area contributed by atoms with Gasteiger partial charge in [-0.1, -0.05) is 0 Å². The summed E-state index contributed by atoms with van der Waals surface area (Å²) in [6, 6.07) is -0.114. The summed E-state index contributed by atoms with van der Waals surface area (Å²) in [5.41, 5.74) is 0.350. The third-order valence-electron chi connectivity index (χ3n) is 3.41. The summed E-state index contributed by atoms with van der Waals surface area (Å²) in [7, 11) is 1.35. The normalized spacial score (nSPS) is 19.2. The van der Waals surface area contributed by atoms with E-state index in [0.29, 0.717) is 18.8 Å². The lowest BCUT2D eigenvalue weighted by molar-refractivity contribution is -0.134. The first kappa shape index (κ1) is 18.8. The van der Waals surface area contributed by atoms with Crippen molar-refractivity contribution in [1.29, 1.82) is 0 Å². The highest BCUT2D eigenvalue weighted by Gasteiger charge is 2.34. The number of hydrogen-bond acceptors (Lipinski definition) is 4. The first-order valence-electron chi connectivity index (χ1n) is 7.62. The Morgan fingerprint density at radius 3 is 2.59 bits per heavy atom. The average molecular weight is 332 g/mol. The minimum atomic E-state index is -0.535. The Morgan fingerprint density at radius 1 is 1.36 bits per heavy atom. The van der Waals surface area contributed by atoms with Crippen LogP contribution in [0.1, 0.15) is 46.5 Å². The highest BCUT2D eigenvalue weighted by molar-refractivity contribution is 6.17. The van der Waals surface area contributed by atoms with Gasteiger partial charge in [0, 0.05) is 18.5 Å². The van der Waals surface area contributed by atoms with Crippen LogP contribution in [-0.4, -0.2) is 48.1 Å². The second kappa shape index (κ2) is 8.42. The number of carbonyl (C=O) groups excluding carboxylic acids is 2. The maximum absolute atomic E-state index is 12.3. The van der Waals surface area contributed by atoms with E-state index in [1.54, 1.807) is 4.90 Å². The number of rotatable bonds is 5. The van der Waals surface area contributed by atoms with Crippen molar-refractivity contribution in [3.8, 4) is 0 Å². The first-order chi connectivity index (χ1) is 10.3. The van der Waals surface area contributed by atoms with Gasteiger partial charge in [0.15, 0.2) is 0 Å². The molecule has 5 nitrogen and oxygen atoms in total. The molecule has 126 valence electrons. The van der Waals surface area contributed by atoms with Crippen molar-refractivity contribution in [3.63, 3.8) is 0 Å². The molecule has 1 rings (SSSR count). The maximum atomic E-state index is 12.3. The second-order valence-corrected chi connectivity index (χ2v) is 6.74. The fourth-order valence-electron chi connectivity index (χ4n) is 2.51. The summed E-state index contributed by atoms with van der Waals surface area (Å²) < 4.78 is 10.2. The summed E-state index contributed by atoms with van der Waals surface area (Å²) in [4.78, 5) is 25.6. The number of methoxy groups -OCH3 is 1. The van der Waals surface area contributed by atoms with Crippen LogP contribution in [0.15, 0.2) is 11.6 Å². The molecular weight excluding hydrogens is 306 g/mol. The topological polar surface area (TPSA) is 55.8 Å². The number of likely N-dealkylation sites (tertiary alicyclic amines) is 1. The molecule has 0 aromatic carbocycles. The fraction of sp³-hybridized carbons (Fsp3) is 0.750. The van der Waals surface area contributed by atoms with E-state index in [4.69, 9.17) is 21.1 Å². The van der Waals surface area contributed by atoms with Crippen LogP contribution < -0.4 is 0 Å². The number of nitrogens with zero attached hydrogens (tertiary/aromatic N) is 1. The van der Waals surface area contributed by atoms with Crippen molar-refractivity contribution in [1.82, 2.24) is 4.90 Å². The predicted octanol–water partition coefficient (Wildman–Crippen LogP) is 3.50. The Hall–Kier alpha value is -1.23. The molecule has 0 aliphatic carbocycles. The highest BCUT2D eigenvalue weighted by atomic mass is 35.5. The van der Waals surface area contributed by atoms with E-state index in [9.17, 15) is 9.59 Å². The van der Waals surface area contributed by atoms with Crippen LogP contribution in [0.4, 0.5) is 4.79 Å². The fourth-order valence-corrected chi connectivity index (χ4v) is 2.64. The summed E-state index contributed by atoms with van der Waals surface area (Å²) >= 11 is 5.76. The minimum Gasteiger partial charge on any atom is -0.466 e. The van der Waals surface area contributed by atoms with Gasteiger partial charge in [-0.25, -0.2) is 9.59 Å². The molecular formula is C16H26ClNO4. The van der Waals surface area contributed by atoms with E-state index in [2.05, 4.69) is 0 Å². The quantitative estimate of drug-likeness (QED) is 0.439. The maximum Gasteiger partial charge on any atom is 0.410 e. The van der Waals surface area contributed by atoms with E-state index < -0.39 is 11.6 Å². The number of hydrogen-bond donors (Lipinski definition) is 0. The van der Waals surface area contributed by atoms with Crippen molar-refractivity contribution in [2.75, 3.05) is 19.5 Å². The SMILES string of the molecule is COC(=O)/C=C(\CCCCl)C1CCCN1C(=O)OC(C)(C)C. The molecule has 0 spiro atoms. The lowest BCUT2D eigenvalue weighted by Crippen LogP contribution is -2.40. The van der Waals surface area contributed by atoms with Gasteiger partial charge >= 0.3 is 12.1 Å². The monoisotopic (exact) mass is 331 g/mol. The van der Waals surface area contributed by atoms with Gasteiger partial charge in [0.25, 0.3) is 0 Å². The molecule has 1 aliphatic rings. The number of esters is 1. The summed E-state index contributed by atoms with van der Waals surface area (Å²) in [5.74, 6) is 0.109. The molecule has 0 saturated carbocycles. The predicted molar refractivity (Wildman–Crippen MR) is 86.0 cm³/mol. The van der Waals surface area contributed by atoms with Crippen LogP contribution in [0, 0.1) is 0 Å². The van der Waals surface area contributed by atoms with Crippen LogP contribution in [0.2, 0.25) is 0 Å². The van der Waals surface area contributed by atoms with E-state index in [1.165, 1.54) is 13.2 Å². The lowest BCUT2D eigenvalue weighted by Gasteiger charge is -2.30. The molecule has 0 N–H and O–H groups in total. The lowest BCUT2D eigenvalue weighted by atomic mass is 9.99. The van der Waals surface area contributed by atoms with Gasteiger partial charge in [0.1, 0.15) is 5.60 Å². The van der Waals surface area contributed by atoms with Crippen molar-refractivity contribution < 1.29 is 19.1 Å². The summed E-state index contributed by atoms with van der Waals surface area (Å²) in [5, 5.41) is 0. The Morgan fingerprint density at radius 2 is 2.05 bits per heavy atom. The van der Waals surface area contributed by atoms with Crippen molar-refractivity contribution in [2.24, 2.45) is 0 Å². The molecule has 1 aliphatic heterocycles. The first-order valence-corrected chi connectivity index (χ1v) is 8.16. The van der Waals surface area contributed by atoms with Gasteiger partial charge < -0.3 is 14.4 Å².